The highest BCUT2D eigenvalue weighted by Crippen LogP contribution is 2.24. The maximum absolute atomic E-state index is 13.0. The van der Waals surface area contributed by atoms with Crippen LogP contribution in [-0.4, -0.2) is 33.6 Å². The molecule has 1 aliphatic heterocycles. The fourth-order valence-corrected chi connectivity index (χ4v) is 3.40. The SMILES string of the molecule is CCc1nnc(NC2CCN(Cc3ccc(F)cc3)C2=O)c(C#N)c1CC. The number of nitrogens with one attached hydrogen (secondary N) is 1. The van der Waals surface area contributed by atoms with Gasteiger partial charge in [-0.15, -0.1) is 5.10 Å². The van der Waals surface area contributed by atoms with Crippen molar-refractivity contribution in [2.75, 3.05) is 11.9 Å². The van der Waals surface area contributed by atoms with E-state index in [1.165, 1.54) is 12.1 Å². The van der Waals surface area contributed by atoms with Gasteiger partial charge in [-0.25, -0.2) is 4.39 Å². The van der Waals surface area contributed by atoms with Crippen LogP contribution in [0.1, 0.15) is 42.7 Å². The number of carbonyl (C=O) groups is 1. The largest absolute Gasteiger partial charge is 0.356 e. The molecule has 6 nitrogen and oxygen atoms in total. The quantitative estimate of drug-likeness (QED) is 0.849. The molecule has 7 heteroatoms. The summed E-state index contributed by atoms with van der Waals surface area (Å²) in [5, 5.41) is 21.1. The minimum absolute atomic E-state index is 0.0531. The normalized spacial score (nSPS) is 16.4. The Morgan fingerprint density at radius 3 is 2.63 bits per heavy atom. The molecule has 1 fully saturated rings. The second kappa shape index (κ2) is 8.12. The molecule has 27 heavy (non-hydrogen) atoms. The zero-order chi connectivity index (χ0) is 19.4. The molecular formula is C20H22FN5O. The van der Waals surface area contributed by atoms with Crippen LogP contribution < -0.4 is 5.32 Å². The third kappa shape index (κ3) is 3.90. The van der Waals surface area contributed by atoms with E-state index < -0.39 is 6.04 Å². The summed E-state index contributed by atoms with van der Waals surface area (Å²) in [5.41, 5.74) is 3.04. The van der Waals surface area contributed by atoms with Crippen LogP contribution in [0.4, 0.5) is 10.2 Å². The predicted molar refractivity (Wildman–Crippen MR) is 99.3 cm³/mol. The van der Waals surface area contributed by atoms with Crippen molar-refractivity contribution in [1.82, 2.24) is 15.1 Å². The van der Waals surface area contributed by atoms with Gasteiger partial charge in [0, 0.05) is 13.1 Å². The van der Waals surface area contributed by atoms with E-state index in [2.05, 4.69) is 21.6 Å². The number of likely N-dealkylation sites (tertiary alicyclic amines) is 1. The number of nitrogens with zero attached hydrogens (tertiary/aromatic N) is 4. The van der Waals surface area contributed by atoms with E-state index in [1.807, 2.05) is 13.8 Å². The van der Waals surface area contributed by atoms with Gasteiger partial charge in [-0.05, 0) is 42.5 Å². The number of nitriles is 1. The number of hydrogen-bond donors (Lipinski definition) is 1. The van der Waals surface area contributed by atoms with Crippen LogP contribution >= 0.6 is 0 Å². The van der Waals surface area contributed by atoms with E-state index in [1.54, 1.807) is 17.0 Å². The van der Waals surface area contributed by atoms with E-state index in [4.69, 9.17) is 0 Å². The smallest absolute Gasteiger partial charge is 0.245 e. The molecule has 0 aliphatic carbocycles. The first-order valence-corrected chi connectivity index (χ1v) is 9.15. The summed E-state index contributed by atoms with van der Waals surface area (Å²) in [6, 6.07) is 7.91. The zero-order valence-electron chi connectivity index (χ0n) is 15.5. The van der Waals surface area contributed by atoms with Crippen molar-refractivity contribution >= 4 is 11.7 Å². The molecule has 1 unspecified atom stereocenters. The van der Waals surface area contributed by atoms with Crippen LogP contribution in [-0.2, 0) is 24.2 Å². The summed E-state index contributed by atoms with van der Waals surface area (Å²) in [6.07, 6.45) is 2.01. The van der Waals surface area contributed by atoms with E-state index in [-0.39, 0.29) is 11.7 Å². The second-order valence-corrected chi connectivity index (χ2v) is 6.54. The minimum Gasteiger partial charge on any atom is -0.356 e. The average molecular weight is 367 g/mol. The number of hydrogen-bond acceptors (Lipinski definition) is 5. The lowest BCUT2D eigenvalue weighted by Gasteiger charge is -2.18. The number of halogens is 1. The third-order valence-electron chi connectivity index (χ3n) is 4.85. The van der Waals surface area contributed by atoms with Gasteiger partial charge in [-0.3, -0.25) is 4.79 Å². The molecule has 0 bridgehead atoms. The van der Waals surface area contributed by atoms with Gasteiger partial charge >= 0.3 is 0 Å². The van der Waals surface area contributed by atoms with Gasteiger partial charge in [0.2, 0.25) is 5.91 Å². The highest BCUT2D eigenvalue weighted by Gasteiger charge is 2.32. The Morgan fingerprint density at radius 2 is 2.00 bits per heavy atom. The highest BCUT2D eigenvalue weighted by molar-refractivity contribution is 5.86. The summed E-state index contributed by atoms with van der Waals surface area (Å²) in [6.45, 7) is 4.98. The number of aromatic nitrogens is 2. The standard InChI is InChI=1S/C20H22FN5O/c1-3-15-16(11-22)19(25-24-17(15)4-2)23-18-9-10-26(20(18)27)12-13-5-7-14(21)8-6-13/h5-8,18H,3-4,9-10,12H2,1-2H3,(H,23,25). The van der Waals surface area contributed by atoms with Crippen LogP contribution in [0.25, 0.3) is 0 Å². The lowest BCUT2D eigenvalue weighted by molar-refractivity contribution is -0.128. The van der Waals surface area contributed by atoms with E-state index in [0.717, 1.165) is 16.8 Å². The number of amides is 1. The average Bonchev–Trinajstić information content (AvgIpc) is 3.02. The summed E-state index contributed by atoms with van der Waals surface area (Å²) < 4.78 is 13.0. The molecule has 1 atom stereocenters. The number of rotatable bonds is 6. The molecule has 1 N–H and O–H groups in total. The lowest BCUT2D eigenvalue weighted by atomic mass is 10.0. The number of aryl methyl sites for hydroxylation is 1. The predicted octanol–water partition coefficient (Wildman–Crippen LogP) is 2.83. The van der Waals surface area contributed by atoms with Crippen LogP contribution in [0.2, 0.25) is 0 Å². The maximum atomic E-state index is 13.0. The van der Waals surface area contributed by atoms with Gasteiger partial charge in [-0.2, -0.15) is 10.4 Å². The van der Waals surface area contributed by atoms with Gasteiger partial charge in [0.1, 0.15) is 23.5 Å². The van der Waals surface area contributed by atoms with Gasteiger partial charge in [0.05, 0.1) is 5.69 Å². The van der Waals surface area contributed by atoms with Crippen LogP contribution in [0.5, 0.6) is 0 Å². The monoisotopic (exact) mass is 367 g/mol. The molecule has 0 spiro atoms. The van der Waals surface area contributed by atoms with Crippen molar-refractivity contribution < 1.29 is 9.18 Å². The Bertz CT molecular complexity index is 875. The molecule has 140 valence electrons. The van der Waals surface area contributed by atoms with E-state index >= 15 is 0 Å². The van der Waals surface area contributed by atoms with Crippen molar-refractivity contribution in [3.63, 3.8) is 0 Å². The summed E-state index contributed by atoms with van der Waals surface area (Å²) in [4.78, 5) is 14.4. The third-order valence-corrected chi connectivity index (χ3v) is 4.85. The summed E-state index contributed by atoms with van der Waals surface area (Å²) in [5.74, 6) is 0.0204. The Labute approximate surface area is 158 Å². The van der Waals surface area contributed by atoms with Crippen molar-refractivity contribution in [3.8, 4) is 6.07 Å². The fraction of sp³-hybridized carbons (Fsp3) is 0.400. The van der Waals surface area contributed by atoms with Crippen LogP contribution in [0, 0.1) is 17.1 Å². The molecule has 0 saturated carbocycles. The Hall–Kier alpha value is -3.01. The molecule has 1 aromatic heterocycles. The first-order chi connectivity index (χ1) is 13.1. The molecule has 2 heterocycles. The van der Waals surface area contributed by atoms with E-state index in [9.17, 15) is 14.4 Å². The second-order valence-electron chi connectivity index (χ2n) is 6.54. The molecule has 1 aromatic carbocycles. The molecule has 1 amide bonds. The number of anilines is 1. The molecule has 1 aliphatic rings. The van der Waals surface area contributed by atoms with Crippen molar-refractivity contribution in [3.05, 3.63) is 52.5 Å². The van der Waals surface area contributed by atoms with Crippen LogP contribution in [0.15, 0.2) is 24.3 Å². The molecule has 1 saturated heterocycles. The minimum atomic E-state index is -0.441. The number of carbonyl (C=O) groups excluding carboxylic acids is 1. The van der Waals surface area contributed by atoms with Crippen LogP contribution in [0.3, 0.4) is 0 Å². The maximum Gasteiger partial charge on any atom is 0.245 e. The summed E-state index contributed by atoms with van der Waals surface area (Å²) in [7, 11) is 0. The lowest BCUT2D eigenvalue weighted by Crippen LogP contribution is -2.33. The molecule has 3 rings (SSSR count). The van der Waals surface area contributed by atoms with Crippen molar-refractivity contribution in [2.45, 2.75) is 45.7 Å². The first kappa shape index (κ1) is 18.8. The van der Waals surface area contributed by atoms with Crippen molar-refractivity contribution in [1.29, 1.82) is 5.26 Å². The van der Waals surface area contributed by atoms with Gasteiger partial charge < -0.3 is 10.2 Å². The Morgan fingerprint density at radius 1 is 1.26 bits per heavy atom. The zero-order valence-corrected chi connectivity index (χ0v) is 15.5. The molecular weight excluding hydrogens is 345 g/mol. The Kier molecular flexibility index (Phi) is 5.65. The highest BCUT2D eigenvalue weighted by atomic mass is 19.1. The summed E-state index contributed by atoms with van der Waals surface area (Å²) >= 11 is 0. The molecule has 0 radical (unpaired) electrons. The van der Waals surface area contributed by atoms with Gasteiger partial charge in [-0.1, -0.05) is 26.0 Å². The first-order valence-electron chi connectivity index (χ1n) is 9.15. The fourth-order valence-electron chi connectivity index (χ4n) is 3.40. The topological polar surface area (TPSA) is 81.9 Å². The number of benzene rings is 1. The van der Waals surface area contributed by atoms with E-state index in [0.29, 0.717) is 43.7 Å². The molecule has 2 aromatic rings. The van der Waals surface area contributed by atoms with Gasteiger partial charge in [0.15, 0.2) is 5.82 Å². The van der Waals surface area contributed by atoms with Crippen molar-refractivity contribution in [2.24, 2.45) is 0 Å². The Balaban J connectivity index is 1.74. The van der Waals surface area contributed by atoms with Gasteiger partial charge in [0.25, 0.3) is 0 Å².